The Balaban J connectivity index is 3.88. The highest BCUT2D eigenvalue weighted by molar-refractivity contribution is 7.46. The van der Waals surface area contributed by atoms with E-state index >= 15 is 0 Å². The lowest BCUT2D eigenvalue weighted by atomic mass is 10.1. The van der Waals surface area contributed by atoms with E-state index in [0.29, 0.717) is 6.42 Å². The number of rotatable bonds is 41. The molecule has 0 amide bonds. The summed E-state index contributed by atoms with van der Waals surface area (Å²) in [6, 6.07) is 0. The van der Waals surface area contributed by atoms with Crippen LogP contribution >= 0.6 is 7.82 Å². The summed E-state index contributed by atoms with van der Waals surface area (Å²) >= 11 is 0. The van der Waals surface area contributed by atoms with Gasteiger partial charge in [0.2, 0.25) is 0 Å². The van der Waals surface area contributed by atoms with E-state index in [1.165, 1.54) is 128 Å². The van der Waals surface area contributed by atoms with Crippen LogP contribution < -0.4 is 0 Å². The van der Waals surface area contributed by atoms with Gasteiger partial charge >= 0.3 is 19.8 Å². The maximum absolute atomic E-state index is 12.4. The standard InChI is InChI=1S/C45H83O8P/c1-3-5-7-9-11-13-15-17-19-21-22-24-25-27-29-31-33-35-37-39-44(46)51-41-43(42-52-54(48,49)50)53-45(47)40-38-36-34-32-30-28-26-23-20-18-16-14-12-10-8-6-4-2/h11,13-14,16-17,19,43H,3-10,12,15,18,20-42H2,1-2H3,(H2,48,49,50)/b13-11+,16-14+,19-17+/t43-/m1/s1. The summed E-state index contributed by atoms with van der Waals surface area (Å²) in [6.45, 7) is 3.66. The highest BCUT2D eigenvalue weighted by atomic mass is 31.2. The van der Waals surface area contributed by atoms with E-state index in [9.17, 15) is 14.2 Å². The van der Waals surface area contributed by atoms with E-state index in [-0.39, 0.29) is 19.4 Å². The topological polar surface area (TPSA) is 119 Å². The maximum atomic E-state index is 12.4. The monoisotopic (exact) mass is 783 g/mol. The Bertz CT molecular complexity index is 973. The van der Waals surface area contributed by atoms with Crippen molar-refractivity contribution >= 4 is 19.8 Å². The molecule has 9 heteroatoms. The SMILES string of the molecule is CCCCC/C=C/C/C=C/CCCCCCCCCCCC(=O)OC[C@H](COP(=O)(O)O)OC(=O)CCCCCCCCCCC/C=C/CCCCCC. The maximum Gasteiger partial charge on any atom is 0.469 e. The van der Waals surface area contributed by atoms with Crippen LogP contribution in [-0.2, 0) is 28.2 Å². The van der Waals surface area contributed by atoms with Crippen LogP contribution in [0.5, 0.6) is 0 Å². The van der Waals surface area contributed by atoms with Gasteiger partial charge in [-0.3, -0.25) is 14.1 Å². The van der Waals surface area contributed by atoms with Gasteiger partial charge in [-0.15, -0.1) is 0 Å². The van der Waals surface area contributed by atoms with Crippen molar-refractivity contribution in [3.8, 4) is 0 Å². The minimum absolute atomic E-state index is 0.210. The zero-order chi connectivity index (χ0) is 39.6. The van der Waals surface area contributed by atoms with Crippen LogP contribution in [0.1, 0.15) is 219 Å². The van der Waals surface area contributed by atoms with Crippen molar-refractivity contribution in [1.82, 2.24) is 0 Å². The van der Waals surface area contributed by atoms with Crippen molar-refractivity contribution in [2.75, 3.05) is 13.2 Å². The average Bonchev–Trinajstić information content (AvgIpc) is 3.14. The van der Waals surface area contributed by atoms with Crippen molar-refractivity contribution in [1.29, 1.82) is 0 Å². The number of ether oxygens (including phenoxy) is 2. The molecule has 0 aromatic rings. The van der Waals surface area contributed by atoms with Crippen LogP contribution in [-0.4, -0.2) is 41.0 Å². The first kappa shape index (κ1) is 52.3. The molecule has 0 aliphatic rings. The molecule has 0 aliphatic heterocycles. The number of esters is 2. The molecule has 0 bridgehead atoms. The Kier molecular flexibility index (Phi) is 39.6. The molecule has 0 aliphatic carbocycles. The molecule has 0 saturated heterocycles. The number of unbranched alkanes of at least 4 members (excludes halogenated alkanes) is 25. The second kappa shape index (κ2) is 40.9. The second-order valence-corrected chi connectivity index (χ2v) is 16.3. The summed E-state index contributed by atoms with van der Waals surface area (Å²) in [5.41, 5.74) is 0. The molecule has 0 aromatic carbocycles. The van der Waals surface area contributed by atoms with Gasteiger partial charge in [-0.1, -0.05) is 172 Å². The molecule has 0 aromatic heterocycles. The van der Waals surface area contributed by atoms with Crippen LogP contribution in [0, 0.1) is 0 Å². The second-order valence-electron chi connectivity index (χ2n) is 15.0. The molecule has 0 heterocycles. The van der Waals surface area contributed by atoms with E-state index in [2.05, 4.69) is 54.8 Å². The lowest BCUT2D eigenvalue weighted by molar-refractivity contribution is -0.161. The first-order chi connectivity index (χ1) is 26.3. The van der Waals surface area contributed by atoms with Crippen LogP contribution in [0.3, 0.4) is 0 Å². The number of hydrogen-bond acceptors (Lipinski definition) is 6. The van der Waals surface area contributed by atoms with E-state index in [1.54, 1.807) is 0 Å². The molecule has 2 N–H and O–H groups in total. The van der Waals surface area contributed by atoms with Crippen LogP contribution in [0.2, 0.25) is 0 Å². The van der Waals surface area contributed by atoms with Crippen LogP contribution in [0.25, 0.3) is 0 Å². The quantitative estimate of drug-likeness (QED) is 0.0272. The average molecular weight is 783 g/mol. The summed E-state index contributed by atoms with van der Waals surface area (Å²) in [4.78, 5) is 42.9. The molecular weight excluding hydrogens is 699 g/mol. The smallest absolute Gasteiger partial charge is 0.462 e. The first-order valence-electron chi connectivity index (χ1n) is 22.3. The Morgan fingerprint density at radius 1 is 0.481 bits per heavy atom. The minimum atomic E-state index is -4.76. The van der Waals surface area contributed by atoms with Gasteiger partial charge in [0.15, 0.2) is 6.10 Å². The third-order valence-corrected chi connectivity index (χ3v) is 10.1. The summed E-state index contributed by atoms with van der Waals surface area (Å²) in [5, 5.41) is 0. The van der Waals surface area contributed by atoms with Gasteiger partial charge in [0.1, 0.15) is 6.61 Å². The Hall–Kier alpha value is -1.73. The Morgan fingerprint density at radius 2 is 0.833 bits per heavy atom. The minimum Gasteiger partial charge on any atom is -0.462 e. The number of phosphoric acid groups is 1. The molecule has 0 radical (unpaired) electrons. The number of carbonyl (C=O) groups excluding carboxylic acids is 2. The summed E-state index contributed by atoms with van der Waals surface area (Å²) in [5.74, 6) is -0.886. The van der Waals surface area contributed by atoms with Gasteiger partial charge in [-0.25, -0.2) is 4.57 Å². The predicted octanol–water partition coefficient (Wildman–Crippen LogP) is 13.7. The fraction of sp³-hybridized carbons (Fsp3) is 0.822. The highest BCUT2D eigenvalue weighted by Crippen LogP contribution is 2.36. The molecule has 0 rings (SSSR count). The molecular formula is C45H83O8P. The lowest BCUT2D eigenvalue weighted by Crippen LogP contribution is -2.29. The van der Waals surface area contributed by atoms with Crippen molar-refractivity contribution < 1.29 is 37.9 Å². The first-order valence-corrected chi connectivity index (χ1v) is 23.8. The van der Waals surface area contributed by atoms with E-state index in [4.69, 9.17) is 19.3 Å². The fourth-order valence-electron chi connectivity index (χ4n) is 6.28. The van der Waals surface area contributed by atoms with Gasteiger partial charge in [-0.2, -0.15) is 0 Å². The summed E-state index contributed by atoms with van der Waals surface area (Å²) in [6.07, 6.45) is 48.6. The number of phosphoric ester groups is 1. The molecule has 0 saturated carbocycles. The predicted molar refractivity (Wildman–Crippen MR) is 225 cm³/mol. The third-order valence-electron chi connectivity index (χ3n) is 9.63. The zero-order valence-corrected chi connectivity index (χ0v) is 35.8. The summed E-state index contributed by atoms with van der Waals surface area (Å²) in [7, 11) is -4.76. The van der Waals surface area contributed by atoms with Gasteiger partial charge < -0.3 is 19.3 Å². The molecule has 8 nitrogen and oxygen atoms in total. The van der Waals surface area contributed by atoms with Crippen LogP contribution in [0.15, 0.2) is 36.5 Å². The third kappa shape index (κ3) is 43.0. The number of allylic oxidation sites excluding steroid dienone is 6. The Morgan fingerprint density at radius 3 is 1.28 bits per heavy atom. The molecule has 0 spiro atoms. The Labute approximate surface area is 332 Å². The molecule has 0 unspecified atom stereocenters. The lowest BCUT2D eigenvalue weighted by Gasteiger charge is -2.18. The molecule has 54 heavy (non-hydrogen) atoms. The fourth-order valence-corrected chi connectivity index (χ4v) is 6.64. The number of hydrogen-bond donors (Lipinski definition) is 2. The van der Waals surface area contributed by atoms with Crippen molar-refractivity contribution in [2.24, 2.45) is 0 Å². The molecule has 0 fully saturated rings. The van der Waals surface area contributed by atoms with Crippen molar-refractivity contribution in [3.63, 3.8) is 0 Å². The van der Waals surface area contributed by atoms with E-state index in [1.807, 2.05) is 0 Å². The normalized spacial score (nSPS) is 12.7. The number of carbonyl (C=O) groups is 2. The van der Waals surface area contributed by atoms with Gasteiger partial charge in [0.25, 0.3) is 0 Å². The van der Waals surface area contributed by atoms with Crippen molar-refractivity contribution in [2.45, 2.75) is 225 Å². The largest absolute Gasteiger partial charge is 0.469 e. The zero-order valence-electron chi connectivity index (χ0n) is 34.9. The van der Waals surface area contributed by atoms with E-state index < -0.39 is 32.5 Å². The van der Waals surface area contributed by atoms with E-state index in [0.717, 1.165) is 57.8 Å². The van der Waals surface area contributed by atoms with Crippen LogP contribution in [0.4, 0.5) is 0 Å². The highest BCUT2D eigenvalue weighted by Gasteiger charge is 2.22. The van der Waals surface area contributed by atoms with Crippen molar-refractivity contribution in [3.05, 3.63) is 36.5 Å². The van der Waals surface area contributed by atoms with Gasteiger partial charge in [0.05, 0.1) is 6.61 Å². The molecule has 316 valence electrons. The van der Waals surface area contributed by atoms with Gasteiger partial charge in [0, 0.05) is 12.8 Å². The summed E-state index contributed by atoms with van der Waals surface area (Å²) < 4.78 is 26.4. The van der Waals surface area contributed by atoms with Gasteiger partial charge in [-0.05, 0) is 70.6 Å². The molecule has 1 atom stereocenters.